The summed E-state index contributed by atoms with van der Waals surface area (Å²) in [6.07, 6.45) is 3.98. The Balaban J connectivity index is 1.93. The Hall–Kier alpha value is -0.120. The van der Waals surface area contributed by atoms with Gasteiger partial charge in [0.05, 0.1) is 13.2 Å². The lowest BCUT2D eigenvalue weighted by molar-refractivity contribution is -0.310. The minimum absolute atomic E-state index is 0.171. The molecular formula is C11H21NO2. The number of ether oxygens (including phenoxy) is 2. The fourth-order valence-corrected chi connectivity index (χ4v) is 2.11. The van der Waals surface area contributed by atoms with Crippen LogP contribution in [0.4, 0.5) is 0 Å². The van der Waals surface area contributed by atoms with E-state index in [4.69, 9.17) is 15.2 Å². The second-order valence-electron chi connectivity index (χ2n) is 5.49. The molecule has 2 rings (SSSR count). The summed E-state index contributed by atoms with van der Waals surface area (Å²) in [5.74, 6) is -0.286. The summed E-state index contributed by atoms with van der Waals surface area (Å²) >= 11 is 0. The van der Waals surface area contributed by atoms with Gasteiger partial charge >= 0.3 is 0 Å². The molecule has 82 valence electrons. The lowest BCUT2D eigenvalue weighted by atomic mass is 9.87. The van der Waals surface area contributed by atoms with Crippen LogP contribution in [0.15, 0.2) is 0 Å². The first-order valence-corrected chi connectivity index (χ1v) is 5.55. The van der Waals surface area contributed by atoms with E-state index in [9.17, 15) is 0 Å². The van der Waals surface area contributed by atoms with E-state index < -0.39 is 0 Å². The molecule has 1 aliphatic heterocycles. The van der Waals surface area contributed by atoms with Crippen molar-refractivity contribution in [2.75, 3.05) is 13.2 Å². The first-order chi connectivity index (χ1) is 6.52. The zero-order chi connectivity index (χ0) is 10.2. The minimum Gasteiger partial charge on any atom is -0.349 e. The van der Waals surface area contributed by atoms with Gasteiger partial charge in [0.2, 0.25) is 0 Å². The van der Waals surface area contributed by atoms with E-state index in [2.05, 4.69) is 13.8 Å². The van der Waals surface area contributed by atoms with Crippen molar-refractivity contribution in [2.24, 2.45) is 11.1 Å². The number of nitrogens with two attached hydrogens (primary N) is 1. The van der Waals surface area contributed by atoms with Crippen LogP contribution in [-0.4, -0.2) is 25.0 Å². The molecule has 1 saturated heterocycles. The van der Waals surface area contributed by atoms with Gasteiger partial charge in [0, 0.05) is 24.3 Å². The van der Waals surface area contributed by atoms with Gasteiger partial charge in [0.1, 0.15) is 0 Å². The molecule has 1 heterocycles. The van der Waals surface area contributed by atoms with Crippen molar-refractivity contribution in [3.63, 3.8) is 0 Å². The monoisotopic (exact) mass is 199 g/mol. The lowest BCUT2D eigenvalue weighted by Gasteiger charge is -2.46. The second kappa shape index (κ2) is 3.47. The van der Waals surface area contributed by atoms with Crippen LogP contribution < -0.4 is 5.73 Å². The topological polar surface area (TPSA) is 44.5 Å². The summed E-state index contributed by atoms with van der Waals surface area (Å²) in [4.78, 5) is 0. The van der Waals surface area contributed by atoms with Crippen LogP contribution in [0.2, 0.25) is 0 Å². The van der Waals surface area contributed by atoms with Crippen LogP contribution in [0, 0.1) is 5.41 Å². The SMILES string of the molecule is CC1(C)COC2(CCC(N)CC2)OC1. The number of rotatable bonds is 0. The summed E-state index contributed by atoms with van der Waals surface area (Å²) < 4.78 is 11.8. The molecule has 3 heteroatoms. The molecule has 2 fully saturated rings. The fraction of sp³-hybridized carbons (Fsp3) is 1.00. The van der Waals surface area contributed by atoms with Gasteiger partial charge < -0.3 is 15.2 Å². The van der Waals surface area contributed by atoms with Gasteiger partial charge in [-0.1, -0.05) is 13.8 Å². The summed E-state index contributed by atoms with van der Waals surface area (Å²) in [5.41, 5.74) is 6.04. The lowest BCUT2D eigenvalue weighted by Crippen LogP contribution is -2.50. The van der Waals surface area contributed by atoms with Gasteiger partial charge in [-0.25, -0.2) is 0 Å². The van der Waals surface area contributed by atoms with E-state index in [0.29, 0.717) is 6.04 Å². The molecule has 0 atom stereocenters. The Labute approximate surface area is 85.9 Å². The number of hydrogen-bond donors (Lipinski definition) is 1. The molecule has 0 aromatic heterocycles. The van der Waals surface area contributed by atoms with Crippen molar-refractivity contribution < 1.29 is 9.47 Å². The fourth-order valence-electron chi connectivity index (χ4n) is 2.11. The molecular weight excluding hydrogens is 178 g/mol. The first-order valence-electron chi connectivity index (χ1n) is 5.55. The maximum absolute atomic E-state index is 5.89. The van der Waals surface area contributed by atoms with E-state index >= 15 is 0 Å². The maximum Gasteiger partial charge on any atom is 0.168 e. The molecule has 2 N–H and O–H groups in total. The van der Waals surface area contributed by atoms with Crippen LogP contribution >= 0.6 is 0 Å². The zero-order valence-corrected chi connectivity index (χ0v) is 9.21. The van der Waals surface area contributed by atoms with Crippen molar-refractivity contribution in [1.82, 2.24) is 0 Å². The highest BCUT2D eigenvalue weighted by molar-refractivity contribution is 4.86. The molecule has 0 bridgehead atoms. The predicted molar refractivity (Wildman–Crippen MR) is 54.9 cm³/mol. The summed E-state index contributed by atoms with van der Waals surface area (Å²) in [5, 5.41) is 0. The highest BCUT2D eigenvalue weighted by atomic mass is 16.7. The third kappa shape index (κ3) is 2.10. The third-order valence-electron chi connectivity index (χ3n) is 3.24. The van der Waals surface area contributed by atoms with E-state index in [0.717, 1.165) is 38.9 Å². The minimum atomic E-state index is -0.286. The van der Waals surface area contributed by atoms with E-state index in [1.165, 1.54) is 0 Å². The third-order valence-corrected chi connectivity index (χ3v) is 3.24. The largest absolute Gasteiger partial charge is 0.349 e. The highest BCUT2D eigenvalue weighted by Crippen LogP contribution is 2.38. The van der Waals surface area contributed by atoms with Crippen molar-refractivity contribution >= 4 is 0 Å². The smallest absolute Gasteiger partial charge is 0.168 e. The second-order valence-corrected chi connectivity index (χ2v) is 5.49. The maximum atomic E-state index is 5.89. The van der Waals surface area contributed by atoms with Gasteiger partial charge in [-0.15, -0.1) is 0 Å². The molecule has 0 aromatic rings. The van der Waals surface area contributed by atoms with Gasteiger partial charge in [-0.05, 0) is 12.8 Å². The van der Waals surface area contributed by atoms with Gasteiger partial charge in [-0.3, -0.25) is 0 Å². The molecule has 1 saturated carbocycles. The van der Waals surface area contributed by atoms with Crippen molar-refractivity contribution in [3.05, 3.63) is 0 Å². The Morgan fingerprint density at radius 3 is 2.07 bits per heavy atom. The van der Waals surface area contributed by atoms with Crippen molar-refractivity contribution in [2.45, 2.75) is 51.4 Å². The first kappa shape index (κ1) is 10.4. The summed E-state index contributed by atoms with van der Waals surface area (Å²) in [6, 6.07) is 0.350. The number of hydrogen-bond acceptors (Lipinski definition) is 3. The average Bonchev–Trinajstić information content (AvgIpc) is 2.16. The highest BCUT2D eigenvalue weighted by Gasteiger charge is 2.42. The average molecular weight is 199 g/mol. The van der Waals surface area contributed by atoms with Gasteiger partial charge in [0.25, 0.3) is 0 Å². The van der Waals surface area contributed by atoms with Crippen LogP contribution in [0.5, 0.6) is 0 Å². The van der Waals surface area contributed by atoms with E-state index in [1.54, 1.807) is 0 Å². The molecule has 1 spiro atoms. The molecule has 14 heavy (non-hydrogen) atoms. The molecule has 3 nitrogen and oxygen atoms in total. The Morgan fingerprint density at radius 1 is 1.07 bits per heavy atom. The van der Waals surface area contributed by atoms with Gasteiger partial charge in [-0.2, -0.15) is 0 Å². The molecule has 0 unspecified atom stereocenters. The molecule has 0 amide bonds. The molecule has 0 radical (unpaired) electrons. The normalized spacial score (nSPS) is 31.9. The quantitative estimate of drug-likeness (QED) is 0.645. The van der Waals surface area contributed by atoms with Crippen molar-refractivity contribution in [3.8, 4) is 0 Å². The predicted octanol–water partition coefficient (Wildman–Crippen LogP) is 1.66. The molecule has 0 aromatic carbocycles. The van der Waals surface area contributed by atoms with Crippen LogP contribution in [-0.2, 0) is 9.47 Å². The van der Waals surface area contributed by atoms with Crippen LogP contribution in [0.3, 0.4) is 0 Å². The summed E-state index contributed by atoms with van der Waals surface area (Å²) in [6.45, 7) is 5.97. The Morgan fingerprint density at radius 2 is 1.57 bits per heavy atom. The standard InChI is InChI=1S/C11H21NO2/c1-10(2)7-13-11(14-8-10)5-3-9(12)4-6-11/h9H,3-8,12H2,1-2H3. The zero-order valence-electron chi connectivity index (χ0n) is 9.21. The van der Waals surface area contributed by atoms with Crippen LogP contribution in [0.25, 0.3) is 0 Å². The van der Waals surface area contributed by atoms with E-state index in [1.807, 2.05) is 0 Å². The molecule has 1 aliphatic carbocycles. The molecule has 2 aliphatic rings. The van der Waals surface area contributed by atoms with Crippen molar-refractivity contribution in [1.29, 1.82) is 0 Å². The van der Waals surface area contributed by atoms with Gasteiger partial charge in [0.15, 0.2) is 5.79 Å². The Bertz CT molecular complexity index is 195. The Kier molecular flexibility index (Phi) is 2.58. The van der Waals surface area contributed by atoms with Crippen LogP contribution in [0.1, 0.15) is 39.5 Å². The van der Waals surface area contributed by atoms with E-state index in [-0.39, 0.29) is 11.2 Å². The summed E-state index contributed by atoms with van der Waals surface area (Å²) in [7, 11) is 0.